The molecule has 2 unspecified atom stereocenters. The Morgan fingerprint density at radius 1 is 1.41 bits per heavy atom. The number of rotatable bonds is 2. The Hall–Kier alpha value is -0.660. The molecule has 4 nitrogen and oxygen atoms in total. The average molecular weight is 325 g/mol. The van der Waals surface area contributed by atoms with Crippen molar-refractivity contribution in [1.29, 1.82) is 0 Å². The van der Waals surface area contributed by atoms with Crippen molar-refractivity contribution in [2.45, 2.75) is 12.2 Å². The fourth-order valence-electron chi connectivity index (χ4n) is 1.64. The molecule has 0 saturated carbocycles. The Morgan fingerprint density at radius 3 is 2.65 bits per heavy atom. The van der Waals surface area contributed by atoms with Crippen molar-refractivity contribution >= 4 is 25.8 Å². The second kappa shape index (κ2) is 4.55. The standard InChI is InChI=1S/C10H10BrFO4S/c11-6-1-2-9(7(12)3-6)16-10-5-17(14,15)4-8(10)13/h1-3,8,10,13H,4-5H2. The summed E-state index contributed by atoms with van der Waals surface area (Å²) >= 11 is 3.10. The molecule has 17 heavy (non-hydrogen) atoms. The molecule has 7 heteroatoms. The van der Waals surface area contributed by atoms with Crippen molar-refractivity contribution in [2.24, 2.45) is 0 Å². The third-order valence-electron chi connectivity index (χ3n) is 2.44. The monoisotopic (exact) mass is 324 g/mol. The molecule has 1 aromatic rings. The van der Waals surface area contributed by atoms with E-state index in [2.05, 4.69) is 15.9 Å². The van der Waals surface area contributed by atoms with Crippen LogP contribution in [-0.2, 0) is 9.84 Å². The molecular weight excluding hydrogens is 315 g/mol. The molecule has 1 aliphatic rings. The third kappa shape index (κ3) is 2.97. The van der Waals surface area contributed by atoms with E-state index < -0.39 is 27.9 Å². The maximum atomic E-state index is 13.4. The molecule has 0 radical (unpaired) electrons. The smallest absolute Gasteiger partial charge is 0.166 e. The summed E-state index contributed by atoms with van der Waals surface area (Å²) < 4.78 is 41.7. The lowest BCUT2D eigenvalue weighted by molar-refractivity contribution is 0.0711. The summed E-state index contributed by atoms with van der Waals surface area (Å²) in [5.41, 5.74) is 0. The molecule has 2 rings (SSSR count). The van der Waals surface area contributed by atoms with Crippen LogP contribution in [0.15, 0.2) is 22.7 Å². The van der Waals surface area contributed by atoms with E-state index >= 15 is 0 Å². The van der Waals surface area contributed by atoms with Crippen LogP contribution in [-0.4, -0.2) is 37.2 Å². The maximum absolute atomic E-state index is 13.4. The van der Waals surface area contributed by atoms with E-state index in [4.69, 9.17) is 4.74 Å². The van der Waals surface area contributed by atoms with Crippen LogP contribution < -0.4 is 4.74 Å². The second-order valence-electron chi connectivity index (χ2n) is 3.88. The largest absolute Gasteiger partial charge is 0.484 e. The highest BCUT2D eigenvalue weighted by atomic mass is 79.9. The number of ether oxygens (including phenoxy) is 1. The van der Waals surface area contributed by atoms with Gasteiger partial charge in [-0.25, -0.2) is 12.8 Å². The van der Waals surface area contributed by atoms with Crippen LogP contribution in [0.25, 0.3) is 0 Å². The second-order valence-corrected chi connectivity index (χ2v) is 6.94. The predicted octanol–water partition coefficient (Wildman–Crippen LogP) is 1.12. The Labute approximate surface area is 106 Å². The molecule has 0 spiro atoms. The van der Waals surface area contributed by atoms with Crippen molar-refractivity contribution in [3.05, 3.63) is 28.5 Å². The van der Waals surface area contributed by atoms with Gasteiger partial charge >= 0.3 is 0 Å². The number of aliphatic hydroxyl groups excluding tert-OH is 1. The van der Waals surface area contributed by atoms with Crippen LogP contribution in [0.1, 0.15) is 0 Å². The van der Waals surface area contributed by atoms with Crippen LogP contribution >= 0.6 is 15.9 Å². The van der Waals surface area contributed by atoms with E-state index in [1.807, 2.05) is 0 Å². The molecule has 0 bridgehead atoms. The van der Waals surface area contributed by atoms with Crippen molar-refractivity contribution in [1.82, 2.24) is 0 Å². The van der Waals surface area contributed by atoms with Crippen LogP contribution in [0.4, 0.5) is 4.39 Å². The first kappa shape index (κ1) is 12.8. The zero-order chi connectivity index (χ0) is 12.6. The highest BCUT2D eigenvalue weighted by Gasteiger charge is 2.38. The molecule has 1 heterocycles. The lowest BCUT2D eigenvalue weighted by Crippen LogP contribution is -2.30. The fourth-order valence-corrected chi connectivity index (χ4v) is 3.64. The summed E-state index contributed by atoms with van der Waals surface area (Å²) in [6.07, 6.45) is -2.02. The Kier molecular flexibility index (Phi) is 3.42. The quantitative estimate of drug-likeness (QED) is 0.885. The van der Waals surface area contributed by atoms with E-state index in [0.29, 0.717) is 4.47 Å². The molecule has 94 valence electrons. The van der Waals surface area contributed by atoms with Crippen LogP contribution in [0.3, 0.4) is 0 Å². The summed E-state index contributed by atoms with van der Waals surface area (Å²) in [5.74, 6) is -1.29. The third-order valence-corrected chi connectivity index (χ3v) is 4.62. The van der Waals surface area contributed by atoms with E-state index in [-0.39, 0.29) is 17.3 Å². The number of hydrogen-bond acceptors (Lipinski definition) is 4. The molecule has 1 N–H and O–H groups in total. The molecule has 0 amide bonds. The van der Waals surface area contributed by atoms with E-state index in [1.165, 1.54) is 12.1 Å². The van der Waals surface area contributed by atoms with Gasteiger partial charge in [0.05, 0.1) is 11.5 Å². The first-order chi connectivity index (χ1) is 7.87. The van der Waals surface area contributed by atoms with E-state index in [9.17, 15) is 17.9 Å². The van der Waals surface area contributed by atoms with E-state index in [1.54, 1.807) is 6.07 Å². The van der Waals surface area contributed by atoms with Gasteiger partial charge in [-0.15, -0.1) is 0 Å². The Morgan fingerprint density at radius 2 is 2.12 bits per heavy atom. The lowest BCUT2D eigenvalue weighted by atomic mass is 10.2. The first-order valence-electron chi connectivity index (χ1n) is 4.87. The van der Waals surface area contributed by atoms with Gasteiger partial charge in [0.1, 0.15) is 12.2 Å². The molecule has 0 aromatic heterocycles. The van der Waals surface area contributed by atoms with Gasteiger partial charge in [-0.2, -0.15) is 0 Å². The van der Waals surface area contributed by atoms with Crippen molar-refractivity contribution < 1.29 is 22.7 Å². The minimum Gasteiger partial charge on any atom is -0.484 e. The van der Waals surface area contributed by atoms with Crippen molar-refractivity contribution in [3.63, 3.8) is 0 Å². The number of benzene rings is 1. The predicted molar refractivity (Wildman–Crippen MR) is 63.2 cm³/mol. The zero-order valence-electron chi connectivity index (χ0n) is 8.64. The minimum atomic E-state index is -3.29. The maximum Gasteiger partial charge on any atom is 0.166 e. The number of sulfone groups is 1. The fraction of sp³-hybridized carbons (Fsp3) is 0.400. The lowest BCUT2D eigenvalue weighted by Gasteiger charge is -2.16. The van der Waals surface area contributed by atoms with Gasteiger partial charge in [0.25, 0.3) is 0 Å². The molecule has 1 fully saturated rings. The molecular formula is C10H10BrFO4S. The molecule has 1 aliphatic heterocycles. The Bertz CT molecular complexity index is 531. The topological polar surface area (TPSA) is 63.6 Å². The Balaban J connectivity index is 2.17. The number of hydrogen-bond donors (Lipinski definition) is 1. The minimum absolute atomic E-state index is 0.0608. The van der Waals surface area contributed by atoms with Gasteiger partial charge in [-0.05, 0) is 18.2 Å². The van der Waals surface area contributed by atoms with Gasteiger partial charge in [0.15, 0.2) is 21.4 Å². The highest BCUT2D eigenvalue weighted by molar-refractivity contribution is 9.10. The number of halogens is 2. The first-order valence-corrected chi connectivity index (χ1v) is 7.49. The number of aliphatic hydroxyl groups is 1. The molecule has 2 atom stereocenters. The zero-order valence-corrected chi connectivity index (χ0v) is 11.0. The van der Waals surface area contributed by atoms with Crippen LogP contribution in [0.2, 0.25) is 0 Å². The van der Waals surface area contributed by atoms with Gasteiger partial charge in [0, 0.05) is 4.47 Å². The van der Waals surface area contributed by atoms with Gasteiger partial charge < -0.3 is 9.84 Å². The van der Waals surface area contributed by atoms with Crippen molar-refractivity contribution in [3.8, 4) is 5.75 Å². The SMILES string of the molecule is O=S1(=O)CC(O)C(Oc2ccc(Br)cc2F)C1. The normalized spacial score (nSPS) is 27.0. The average Bonchev–Trinajstić information content (AvgIpc) is 2.44. The van der Waals surface area contributed by atoms with Gasteiger partial charge in [0.2, 0.25) is 0 Å². The molecule has 1 saturated heterocycles. The summed E-state index contributed by atoms with van der Waals surface area (Å²) in [5, 5.41) is 9.50. The van der Waals surface area contributed by atoms with Crippen molar-refractivity contribution in [2.75, 3.05) is 11.5 Å². The highest BCUT2D eigenvalue weighted by Crippen LogP contribution is 2.25. The summed E-state index contributed by atoms with van der Waals surface area (Å²) in [7, 11) is -3.29. The summed E-state index contributed by atoms with van der Waals surface area (Å²) in [6.45, 7) is 0. The summed E-state index contributed by atoms with van der Waals surface area (Å²) in [4.78, 5) is 0. The summed E-state index contributed by atoms with van der Waals surface area (Å²) in [6, 6.07) is 4.18. The molecule has 1 aromatic carbocycles. The van der Waals surface area contributed by atoms with Gasteiger partial charge in [-0.1, -0.05) is 15.9 Å². The van der Waals surface area contributed by atoms with Gasteiger partial charge in [-0.3, -0.25) is 0 Å². The van der Waals surface area contributed by atoms with Crippen LogP contribution in [0, 0.1) is 5.82 Å². The van der Waals surface area contributed by atoms with Crippen LogP contribution in [0.5, 0.6) is 5.75 Å². The molecule has 0 aliphatic carbocycles. The van der Waals surface area contributed by atoms with E-state index in [0.717, 1.165) is 0 Å².